The van der Waals surface area contributed by atoms with Gasteiger partial charge in [-0.05, 0) is 39.0 Å². The molecule has 0 bridgehead atoms. The van der Waals surface area contributed by atoms with Crippen LogP contribution in [0.3, 0.4) is 0 Å². The Labute approximate surface area is 134 Å². The van der Waals surface area contributed by atoms with Crippen molar-refractivity contribution in [3.8, 4) is 0 Å². The van der Waals surface area contributed by atoms with Crippen molar-refractivity contribution in [2.24, 2.45) is 11.3 Å². The van der Waals surface area contributed by atoms with Crippen LogP contribution in [0.15, 0.2) is 0 Å². The van der Waals surface area contributed by atoms with Crippen LogP contribution in [0, 0.1) is 11.3 Å². The molecule has 1 spiro atoms. The fraction of sp³-hybridized carbons (Fsp3) is 0.944. The molecule has 4 heteroatoms. The molecule has 0 unspecified atom stereocenters. The van der Waals surface area contributed by atoms with Gasteiger partial charge in [-0.2, -0.15) is 0 Å². The number of amides is 1. The number of carbonyl (C=O) groups excluding carboxylic acids is 1. The van der Waals surface area contributed by atoms with Crippen LogP contribution >= 0.6 is 0 Å². The standard InChI is InChI=1S/C18H31NO3/c1-3-22-16-13-15(18(16)9-5-4-6-10-18)19(2)17(20)14-7-11-21-12-8-14/h14-16H,3-13H2,1-2H3/t15-,16+/m1/s1. The minimum absolute atomic E-state index is 0.172. The average Bonchev–Trinajstić information content (AvgIpc) is 2.58. The lowest BCUT2D eigenvalue weighted by Crippen LogP contribution is -2.66. The molecule has 2 atom stereocenters. The first kappa shape index (κ1) is 16.3. The summed E-state index contributed by atoms with van der Waals surface area (Å²) in [5.41, 5.74) is 0.240. The summed E-state index contributed by atoms with van der Waals surface area (Å²) < 4.78 is 11.4. The van der Waals surface area contributed by atoms with Crippen LogP contribution in [0.1, 0.15) is 58.3 Å². The van der Waals surface area contributed by atoms with E-state index < -0.39 is 0 Å². The molecule has 0 aromatic heterocycles. The highest BCUT2D eigenvalue weighted by Gasteiger charge is 2.58. The van der Waals surface area contributed by atoms with Gasteiger partial charge in [-0.1, -0.05) is 19.3 Å². The van der Waals surface area contributed by atoms with Gasteiger partial charge in [-0.25, -0.2) is 0 Å². The summed E-state index contributed by atoms with van der Waals surface area (Å²) in [6, 6.07) is 0.389. The molecule has 126 valence electrons. The largest absolute Gasteiger partial charge is 0.381 e. The molecule has 22 heavy (non-hydrogen) atoms. The number of hydrogen-bond donors (Lipinski definition) is 0. The Hall–Kier alpha value is -0.610. The molecular weight excluding hydrogens is 278 g/mol. The number of rotatable bonds is 4. The SMILES string of the molecule is CCO[C@H]1C[C@@H](N(C)C(=O)C2CCOCC2)C12CCCCC2. The topological polar surface area (TPSA) is 38.8 Å². The second-order valence-electron chi connectivity index (χ2n) is 7.33. The van der Waals surface area contributed by atoms with Crippen molar-refractivity contribution in [2.45, 2.75) is 70.4 Å². The van der Waals surface area contributed by atoms with E-state index >= 15 is 0 Å². The van der Waals surface area contributed by atoms with Gasteiger partial charge in [0.15, 0.2) is 0 Å². The van der Waals surface area contributed by atoms with Gasteiger partial charge in [0.2, 0.25) is 5.91 Å². The molecule has 0 aromatic carbocycles. The average molecular weight is 309 g/mol. The third-order valence-corrected chi connectivity index (χ3v) is 6.28. The third-order valence-electron chi connectivity index (χ3n) is 6.28. The minimum atomic E-state index is 0.172. The van der Waals surface area contributed by atoms with Gasteiger partial charge < -0.3 is 14.4 Å². The van der Waals surface area contributed by atoms with E-state index in [-0.39, 0.29) is 11.3 Å². The molecule has 3 aliphatic rings. The Morgan fingerprint density at radius 1 is 1.23 bits per heavy atom. The van der Waals surface area contributed by atoms with Gasteiger partial charge in [0.25, 0.3) is 0 Å². The highest BCUT2D eigenvalue weighted by molar-refractivity contribution is 5.79. The van der Waals surface area contributed by atoms with E-state index in [2.05, 4.69) is 11.8 Å². The zero-order chi connectivity index (χ0) is 15.6. The normalized spacial score (nSPS) is 31.7. The van der Waals surface area contributed by atoms with Crippen molar-refractivity contribution in [3.05, 3.63) is 0 Å². The summed E-state index contributed by atoms with van der Waals surface area (Å²) >= 11 is 0. The second kappa shape index (κ2) is 6.88. The first-order chi connectivity index (χ1) is 10.7. The Balaban J connectivity index is 1.68. The molecule has 0 radical (unpaired) electrons. The minimum Gasteiger partial charge on any atom is -0.381 e. The molecule has 1 saturated heterocycles. The van der Waals surface area contributed by atoms with Crippen molar-refractivity contribution in [1.82, 2.24) is 4.90 Å². The quantitative estimate of drug-likeness (QED) is 0.801. The van der Waals surface area contributed by atoms with Gasteiger partial charge in [0.1, 0.15) is 0 Å². The summed E-state index contributed by atoms with van der Waals surface area (Å²) in [6.45, 7) is 4.35. The Morgan fingerprint density at radius 3 is 2.55 bits per heavy atom. The highest BCUT2D eigenvalue weighted by atomic mass is 16.5. The van der Waals surface area contributed by atoms with Gasteiger partial charge >= 0.3 is 0 Å². The summed E-state index contributed by atoms with van der Waals surface area (Å²) in [5.74, 6) is 0.513. The zero-order valence-electron chi connectivity index (χ0n) is 14.2. The van der Waals surface area contributed by atoms with Crippen LogP contribution in [0.2, 0.25) is 0 Å². The lowest BCUT2D eigenvalue weighted by molar-refractivity contribution is -0.188. The van der Waals surface area contributed by atoms with Crippen molar-refractivity contribution in [1.29, 1.82) is 0 Å². The fourth-order valence-electron chi connectivity index (χ4n) is 4.96. The molecule has 1 aliphatic heterocycles. The molecular formula is C18H31NO3. The fourth-order valence-corrected chi connectivity index (χ4v) is 4.96. The van der Waals surface area contributed by atoms with Gasteiger partial charge in [0.05, 0.1) is 6.10 Å². The summed E-state index contributed by atoms with van der Waals surface area (Å²) in [7, 11) is 2.03. The van der Waals surface area contributed by atoms with Crippen molar-refractivity contribution in [2.75, 3.05) is 26.9 Å². The van der Waals surface area contributed by atoms with E-state index in [1.807, 2.05) is 7.05 Å². The number of ether oxygens (including phenoxy) is 2. The molecule has 2 aliphatic carbocycles. The molecule has 1 heterocycles. The summed E-state index contributed by atoms with van der Waals surface area (Å²) in [5, 5.41) is 0. The van der Waals surface area contributed by atoms with Crippen molar-refractivity contribution < 1.29 is 14.3 Å². The molecule has 3 fully saturated rings. The van der Waals surface area contributed by atoms with Crippen LogP contribution in [0.25, 0.3) is 0 Å². The van der Waals surface area contributed by atoms with E-state index in [1.54, 1.807) is 0 Å². The van der Waals surface area contributed by atoms with Gasteiger partial charge in [0, 0.05) is 44.2 Å². The smallest absolute Gasteiger partial charge is 0.225 e. The maximum Gasteiger partial charge on any atom is 0.225 e. The predicted molar refractivity (Wildman–Crippen MR) is 85.7 cm³/mol. The van der Waals surface area contributed by atoms with Crippen LogP contribution < -0.4 is 0 Å². The molecule has 3 rings (SSSR count). The first-order valence-electron chi connectivity index (χ1n) is 9.15. The Kier molecular flexibility index (Phi) is 5.08. The highest BCUT2D eigenvalue weighted by Crippen LogP contribution is 2.55. The lowest BCUT2D eigenvalue weighted by Gasteiger charge is -2.60. The maximum absolute atomic E-state index is 12.9. The van der Waals surface area contributed by atoms with E-state index in [9.17, 15) is 4.79 Å². The molecule has 0 aromatic rings. The number of nitrogens with zero attached hydrogens (tertiary/aromatic N) is 1. The molecule has 1 amide bonds. The van der Waals surface area contributed by atoms with Gasteiger partial charge in [-0.3, -0.25) is 4.79 Å². The molecule has 0 N–H and O–H groups in total. The lowest BCUT2D eigenvalue weighted by atomic mass is 9.54. The molecule has 2 saturated carbocycles. The molecule has 4 nitrogen and oxygen atoms in total. The third kappa shape index (κ3) is 2.80. The van der Waals surface area contributed by atoms with Crippen molar-refractivity contribution >= 4 is 5.91 Å². The summed E-state index contributed by atoms with van der Waals surface area (Å²) in [4.78, 5) is 14.9. The Bertz CT molecular complexity index is 386. The number of hydrogen-bond acceptors (Lipinski definition) is 3. The van der Waals surface area contributed by atoms with Crippen molar-refractivity contribution in [3.63, 3.8) is 0 Å². The van der Waals surface area contributed by atoms with E-state index in [0.29, 0.717) is 18.1 Å². The first-order valence-corrected chi connectivity index (χ1v) is 9.15. The Morgan fingerprint density at radius 2 is 1.91 bits per heavy atom. The zero-order valence-corrected chi connectivity index (χ0v) is 14.2. The predicted octanol–water partition coefficient (Wildman–Crippen LogP) is 3.00. The van der Waals surface area contributed by atoms with E-state index in [1.165, 1.54) is 32.1 Å². The van der Waals surface area contributed by atoms with E-state index in [4.69, 9.17) is 9.47 Å². The monoisotopic (exact) mass is 309 g/mol. The second-order valence-corrected chi connectivity index (χ2v) is 7.33. The summed E-state index contributed by atoms with van der Waals surface area (Å²) in [6.07, 6.45) is 9.55. The van der Waals surface area contributed by atoms with Crippen LogP contribution in [-0.2, 0) is 14.3 Å². The number of carbonyl (C=O) groups is 1. The van der Waals surface area contributed by atoms with Gasteiger partial charge in [-0.15, -0.1) is 0 Å². The van der Waals surface area contributed by atoms with Crippen LogP contribution in [0.4, 0.5) is 0 Å². The van der Waals surface area contributed by atoms with E-state index in [0.717, 1.165) is 39.1 Å². The van der Waals surface area contributed by atoms with Crippen LogP contribution in [-0.4, -0.2) is 49.8 Å². The maximum atomic E-state index is 12.9. The van der Waals surface area contributed by atoms with Crippen LogP contribution in [0.5, 0.6) is 0 Å².